The Hall–Kier alpha value is -1.04. The summed E-state index contributed by atoms with van der Waals surface area (Å²) >= 11 is 1.11. The summed E-state index contributed by atoms with van der Waals surface area (Å²) in [5.41, 5.74) is -0.540. The van der Waals surface area contributed by atoms with Crippen LogP contribution in [0.15, 0.2) is 0 Å². The van der Waals surface area contributed by atoms with Crippen molar-refractivity contribution in [3.05, 3.63) is 0 Å². The second kappa shape index (κ2) is 5.53. The lowest BCUT2D eigenvalue weighted by Crippen LogP contribution is -2.40. The molecule has 1 saturated heterocycles. The Kier molecular flexibility index (Phi) is 4.56. The molecule has 0 atom stereocenters. The van der Waals surface area contributed by atoms with Crippen LogP contribution >= 0.6 is 11.8 Å². The maximum absolute atomic E-state index is 11.4. The zero-order chi connectivity index (χ0) is 13.1. The maximum Gasteiger partial charge on any atom is 0.308 e. The molecule has 1 aliphatic rings. The highest BCUT2D eigenvalue weighted by Gasteiger charge is 2.27. The molecule has 0 aromatic rings. The molecule has 0 aromatic heterocycles. The lowest BCUT2D eigenvalue weighted by molar-refractivity contribution is -0.155. The van der Waals surface area contributed by atoms with Crippen molar-refractivity contribution in [2.75, 3.05) is 12.3 Å². The molecular formula is C11H17NO4S. The monoisotopic (exact) mass is 259 g/mol. The van der Waals surface area contributed by atoms with Gasteiger partial charge in [-0.05, 0) is 20.8 Å². The molecule has 0 radical (unpaired) electrons. The molecule has 96 valence electrons. The van der Waals surface area contributed by atoms with Crippen LogP contribution in [-0.2, 0) is 14.3 Å². The second-order valence-corrected chi connectivity index (χ2v) is 5.79. The smallest absolute Gasteiger partial charge is 0.308 e. The van der Waals surface area contributed by atoms with Gasteiger partial charge in [-0.15, -0.1) is 0 Å². The van der Waals surface area contributed by atoms with Crippen molar-refractivity contribution in [2.24, 2.45) is 0 Å². The Morgan fingerprint density at radius 3 is 2.59 bits per heavy atom. The van der Waals surface area contributed by atoms with Gasteiger partial charge in [-0.2, -0.15) is 0 Å². The summed E-state index contributed by atoms with van der Waals surface area (Å²) in [6, 6.07) is 0. The summed E-state index contributed by atoms with van der Waals surface area (Å²) in [5, 5.41) is -0.273. The molecule has 17 heavy (non-hydrogen) atoms. The quantitative estimate of drug-likeness (QED) is 0.723. The van der Waals surface area contributed by atoms with Crippen molar-refractivity contribution in [1.29, 1.82) is 0 Å². The largest absolute Gasteiger partial charge is 0.460 e. The SMILES string of the molecule is CC(C)(C)OC(=O)CCN1C(=O)CCSC1=O. The first-order valence-electron chi connectivity index (χ1n) is 5.48. The van der Waals surface area contributed by atoms with E-state index in [1.807, 2.05) is 0 Å². The lowest BCUT2D eigenvalue weighted by atomic mass is 10.2. The van der Waals surface area contributed by atoms with Gasteiger partial charge in [0.1, 0.15) is 5.60 Å². The average molecular weight is 259 g/mol. The van der Waals surface area contributed by atoms with Crippen molar-refractivity contribution in [3.8, 4) is 0 Å². The lowest BCUT2D eigenvalue weighted by Gasteiger charge is -2.25. The summed E-state index contributed by atoms with van der Waals surface area (Å²) in [5.74, 6) is -0.0772. The molecule has 1 aliphatic heterocycles. The standard InChI is InChI=1S/C11H17NO4S/c1-11(2,3)16-9(14)4-6-12-8(13)5-7-17-10(12)15/h4-7H2,1-3H3. The summed E-state index contributed by atoms with van der Waals surface area (Å²) in [4.78, 5) is 35.4. The van der Waals surface area contributed by atoms with Crippen molar-refractivity contribution in [2.45, 2.75) is 39.2 Å². The topological polar surface area (TPSA) is 63.7 Å². The van der Waals surface area contributed by atoms with Crippen molar-refractivity contribution >= 4 is 28.9 Å². The highest BCUT2D eigenvalue weighted by Crippen LogP contribution is 2.18. The maximum atomic E-state index is 11.4. The number of nitrogens with zero attached hydrogens (tertiary/aromatic N) is 1. The number of ether oxygens (including phenoxy) is 1. The number of amides is 2. The van der Waals surface area contributed by atoms with Gasteiger partial charge in [-0.3, -0.25) is 19.3 Å². The van der Waals surface area contributed by atoms with Crippen molar-refractivity contribution < 1.29 is 19.1 Å². The number of esters is 1. The van der Waals surface area contributed by atoms with E-state index in [2.05, 4.69) is 0 Å². The molecule has 0 unspecified atom stereocenters. The first-order valence-corrected chi connectivity index (χ1v) is 6.47. The van der Waals surface area contributed by atoms with Gasteiger partial charge in [0, 0.05) is 18.7 Å². The highest BCUT2D eigenvalue weighted by molar-refractivity contribution is 8.13. The van der Waals surface area contributed by atoms with Crippen LogP contribution in [-0.4, -0.2) is 39.9 Å². The van der Waals surface area contributed by atoms with Crippen molar-refractivity contribution in [1.82, 2.24) is 4.90 Å². The van der Waals surface area contributed by atoms with Crippen molar-refractivity contribution in [3.63, 3.8) is 0 Å². The average Bonchev–Trinajstić information content (AvgIpc) is 2.14. The zero-order valence-corrected chi connectivity index (χ0v) is 11.1. The normalized spacial score (nSPS) is 17.2. The fourth-order valence-electron chi connectivity index (χ4n) is 1.35. The third kappa shape index (κ3) is 4.77. The van der Waals surface area contributed by atoms with Crippen LogP contribution in [0, 0.1) is 0 Å². The number of rotatable bonds is 3. The molecule has 6 heteroatoms. The van der Waals surface area contributed by atoms with Crippen LogP contribution in [0.4, 0.5) is 4.79 Å². The minimum atomic E-state index is -0.540. The fraction of sp³-hybridized carbons (Fsp3) is 0.727. The Morgan fingerprint density at radius 1 is 1.41 bits per heavy atom. The van der Waals surface area contributed by atoms with E-state index >= 15 is 0 Å². The van der Waals surface area contributed by atoms with Crippen LogP contribution in [0.3, 0.4) is 0 Å². The first kappa shape index (κ1) is 14.0. The minimum absolute atomic E-state index is 0.0509. The number of thioether (sulfide) groups is 1. The van der Waals surface area contributed by atoms with Gasteiger partial charge in [-0.25, -0.2) is 0 Å². The number of hydrogen-bond acceptors (Lipinski definition) is 5. The van der Waals surface area contributed by atoms with E-state index in [1.54, 1.807) is 20.8 Å². The number of carbonyl (C=O) groups is 3. The predicted octanol–water partition coefficient (Wildman–Crippen LogP) is 1.80. The Balaban J connectivity index is 2.41. The van der Waals surface area contributed by atoms with Gasteiger partial charge in [0.05, 0.1) is 6.42 Å². The summed E-state index contributed by atoms with van der Waals surface area (Å²) in [6.45, 7) is 5.44. The Morgan fingerprint density at radius 2 is 2.06 bits per heavy atom. The molecule has 1 rings (SSSR count). The first-order chi connectivity index (χ1) is 7.79. The molecule has 0 N–H and O–H groups in total. The minimum Gasteiger partial charge on any atom is -0.460 e. The second-order valence-electron chi connectivity index (χ2n) is 4.75. The van der Waals surface area contributed by atoms with Crippen LogP contribution in [0.5, 0.6) is 0 Å². The predicted molar refractivity (Wildman–Crippen MR) is 64.6 cm³/mol. The molecule has 1 heterocycles. The van der Waals surface area contributed by atoms with E-state index in [0.717, 1.165) is 16.7 Å². The molecule has 2 amide bonds. The zero-order valence-electron chi connectivity index (χ0n) is 10.3. The number of hydrogen-bond donors (Lipinski definition) is 0. The molecule has 0 aliphatic carbocycles. The van der Waals surface area contributed by atoms with Crippen LogP contribution in [0.25, 0.3) is 0 Å². The van der Waals surface area contributed by atoms with E-state index in [0.29, 0.717) is 12.2 Å². The van der Waals surface area contributed by atoms with Crippen LogP contribution in [0.1, 0.15) is 33.6 Å². The van der Waals surface area contributed by atoms with Gasteiger partial charge in [0.15, 0.2) is 0 Å². The van der Waals surface area contributed by atoms with E-state index < -0.39 is 11.6 Å². The Labute approximate surface area is 105 Å². The van der Waals surface area contributed by atoms with Crippen LogP contribution in [0.2, 0.25) is 0 Å². The van der Waals surface area contributed by atoms with E-state index in [-0.39, 0.29) is 24.1 Å². The molecule has 5 nitrogen and oxygen atoms in total. The van der Waals surface area contributed by atoms with E-state index in [9.17, 15) is 14.4 Å². The summed E-state index contributed by atoms with van der Waals surface area (Å²) in [6.07, 6.45) is 0.403. The third-order valence-corrected chi connectivity index (χ3v) is 2.90. The molecular weight excluding hydrogens is 242 g/mol. The van der Waals surface area contributed by atoms with Gasteiger partial charge < -0.3 is 4.74 Å². The van der Waals surface area contributed by atoms with Gasteiger partial charge in [0.2, 0.25) is 5.91 Å². The molecule has 0 spiro atoms. The number of carbonyl (C=O) groups excluding carboxylic acids is 3. The third-order valence-electron chi connectivity index (χ3n) is 2.02. The van der Waals surface area contributed by atoms with Gasteiger partial charge >= 0.3 is 5.97 Å². The molecule has 0 bridgehead atoms. The van der Waals surface area contributed by atoms with Crippen LogP contribution < -0.4 is 0 Å². The van der Waals surface area contributed by atoms with E-state index in [1.165, 1.54) is 0 Å². The summed E-state index contributed by atoms with van der Waals surface area (Å²) < 4.78 is 5.10. The van der Waals surface area contributed by atoms with Gasteiger partial charge in [-0.1, -0.05) is 11.8 Å². The Bertz CT molecular complexity index is 319. The fourth-order valence-corrected chi connectivity index (χ4v) is 2.15. The van der Waals surface area contributed by atoms with Gasteiger partial charge in [0.25, 0.3) is 5.24 Å². The summed E-state index contributed by atoms with van der Waals surface area (Å²) in [7, 11) is 0. The molecule has 0 saturated carbocycles. The molecule has 1 fully saturated rings. The van der Waals surface area contributed by atoms with E-state index in [4.69, 9.17) is 4.74 Å². The highest BCUT2D eigenvalue weighted by atomic mass is 32.2. The number of imide groups is 1. The molecule has 0 aromatic carbocycles.